The number of aliphatic hydroxyl groups is 1. The first-order valence-electron chi connectivity index (χ1n) is 17.7. The molecule has 23 nitrogen and oxygen atoms in total. The van der Waals surface area contributed by atoms with Gasteiger partial charge in [-0.05, 0) is 71.3 Å². The van der Waals surface area contributed by atoms with Crippen molar-refractivity contribution in [3.63, 3.8) is 0 Å². The number of nitrogens with one attached hydrogen (secondary N) is 5. The molecule has 0 bridgehead atoms. The number of aliphatic imine (C=N–C) groups is 2. The summed E-state index contributed by atoms with van der Waals surface area (Å²) in [4.78, 5) is 98.2. The van der Waals surface area contributed by atoms with Gasteiger partial charge in [-0.25, -0.2) is 4.79 Å². The molecule has 19 N–H and O–H groups in total. The van der Waals surface area contributed by atoms with E-state index in [1.165, 1.54) is 6.92 Å². The molecule has 0 aromatic heterocycles. The van der Waals surface area contributed by atoms with Crippen LogP contribution in [0.2, 0.25) is 0 Å². The van der Waals surface area contributed by atoms with Gasteiger partial charge in [-0.15, -0.1) is 0 Å². The molecular weight excluding hydrogens is 712 g/mol. The molecule has 0 spiro atoms. The quantitative estimate of drug-likeness (QED) is 0.0233. The molecule has 0 unspecified atom stereocenters. The highest BCUT2D eigenvalue weighted by Gasteiger charge is 2.35. The zero-order chi connectivity index (χ0) is 40.8. The van der Waals surface area contributed by atoms with Gasteiger partial charge >= 0.3 is 5.97 Å². The molecule has 0 aromatic carbocycles. The van der Waals surface area contributed by atoms with E-state index in [2.05, 4.69) is 36.6 Å². The van der Waals surface area contributed by atoms with E-state index in [9.17, 15) is 43.8 Å². The van der Waals surface area contributed by atoms with Crippen molar-refractivity contribution in [1.29, 1.82) is 0 Å². The maximum atomic E-state index is 13.5. The molecule has 1 heterocycles. The lowest BCUT2D eigenvalue weighted by molar-refractivity contribution is -0.148. The summed E-state index contributed by atoms with van der Waals surface area (Å²) in [5, 5.41) is 31.3. The second-order valence-electron chi connectivity index (χ2n) is 12.7. The van der Waals surface area contributed by atoms with E-state index in [1.807, 2.05) is 0 Å². The topological polar surface area (TPSA) is 404 Å². The number of nitrogens with zero attached hydrogens (tertiary/aromatic N) is 3. The van der Waals surface area contributed by atoms with Gasteiger partial charge in [0.15, 0.2) is 11.9 Å². The van der Waals surface area contributed by atoms with Gasteiger partial charge in [0, 0.05) is 19.6 Å². The Morgan fingerprint density at radius 3 is 1.83 bits per heavy atom. The molecule has 1 fully saturated rings. The highest BCUT2D eigenvalue weighted by Crippen LogP contribution is 2.17. The van der Waals surface area contributed by atoms with E-state index >= 15 is 0 Å². The average Bonchev–Trinajstić information content (AvgIpc) is 3.62. The van der Waals surface area contributed by atoms with Gasteiger partial charge in [-0.2, -0.15) is 0 Å². The summed E-state index contributed by atoms with van der Waals surface area (Å²) in [6, 6.07) is -7.14. The predicted molar refractivity (Wildman–Crippen MR) is 197 cm³/mol. The molecule has 6 atom stereocenters. The summed E-state index contributed by atoms with van der Waals surface area (Å²) < 4.78 is 0. The second-order valence-corrected chi connectivity index (χ2v) is 12.7. The number of aliphatic carboxylic acids is 1. The Morgan fingerprint density at radius 1 is 0.741 bits per heavy atom. The Bertz CT molecular complexity index is 1340. The lowest BCUT2D eigenvalue weighted by Crippen LogP contribution is -2.59. The standard InChI is InChI=1S/C31H58N14O9/c1-17(24(48)44-21(16-46)26(50)40-15-23(47)45-14-6-10-22(45)29(53)54)41-27(51)19(8-2-3-11-32)43-28(52)20(9-5-13-39-31(36)37)42-25(49)18(33)7-4-12-38-30(34)35/h17-22,46H,2-16,32-33H2,1H3,(H,40,50)(H,41,51)(H,42,49)(H,43,52)(H,44,48)(H,53,54)(H4,34,35,38)(H4,36,37,39)/t17-,18+,19-,20-,21+,22-/m0/s1. The smallest absolute Gasteiger partial charge is 0.326 e. The Kier molecular flexibility index (Phi) is 21.5. The number of carbonyl (C=O) groups excluding carboxylic acids is 6. The summed E-state index contributed by atoms with van der Waals surface area (Å²) in [5.74, 6) is -5.99. The zero-order valence-corrected chi connectivity index (χ0v) is 30.6. The number of unbranched alkanes of at least 4 members (excludes halogenated alkanes) is 1. The van der Waals surface area contributed by atoms with Crippen molar-refractivity contribution in [1.82, 2.24) is 31.5 Å². The largest absolute Gasteiger partial charge is 0.480 e. The van der Waals surface area contributed by atoms with Crippen molar-refractivity contribution >= 4 is 53.3 Å². The van der Waals surface area contributed by atoms with E-state index < -0.39 is 90.8 Å². The van der Waals surface area contributed by atoms with Crippen molar-refractivity contribution in [3.8, 4) is 0 Å². The molecule has 306 valence electrons. The van der Waals surface area contributed by atoms with Crippen LogP contribution in [-0.4, -0.2) is 144 Å². The summed E-state index contributed by atoms with van der Waals surface area (Å²) in [6.07, 6.45) is 2.73. The number of nitrogens with two attached hydrogens (primary N) is 6. The monoisotopic (exact) mass is 770 g/mol. The second kappa shape index (κ2) is 24.9. The first-order valence-corrected chi connectivity index (χ1v) is 17.7. The molecule has 0 saturated carbocycles. The fraction of sp³-hybridized carbons (Fsp3) is 0.710. The van der Waals surface area contributed by atoms with Crippen LogP contribution in [0.1, 0.15) is 64.7 Å². The third-order valence-electron chi connectivity index (χ3n) is 8.30. The lowest BCUT2D eigenvalue weighted by Gasteiger charge is -2.26. The van der Waals surface area contributed by atoms with Crippen LogP contribution in [0.4, 0.5) is 0 Å². The van der Waals surface area contributed by atoms with Crippen LogP contribution in [0, 0.1) is 0 Å². The molecule has 1 aliphatic heterocycles. The minimum absolute atomic E-state index is 0.0689. The fourth-order valence-electron chi connectivity index (χ4n) is 5.32. The molecule has 54 heavy (non-hydrogen) atoms. The van der Waals surface area contributed by atoms with Gasteiger partial charge in [0.2, 0.25) is 35.4 Å². The SMILES string of the molecule is C[C@H](NC(=O)[C@H](CCCCN)NC(=O)[C@H](CCCN=C(N)N)NC(=O)[C@H](N)CCCN=C(N)N)C(=O)N[C@H](CO)C(=O)NCC(=O)N1CCC[C@H]1C(=O)O. The maximum absolute atomic E-state index is 13.5. The summed E-state index contributed by atoms with van der Waals surface area (Å²) in [5.41, 5.74) is 33.0. The highest BCUT2D eigenvalue weighted by atomic mass is 16.4. The minimum atomic E-state index is -1.51. The molecule has 23 heteroatoms. The summed E-state index contributed by atoms with van der Waals surface area (Å²) in [6.45, 7) is 0.789. The first-order chi connectivity index (χ1) is 25.5. The van der Waals surface area contributed by atoms with Gasteiger partial charge in [0.05, 0.1) is 19.2 Å². The molecule has 1 saturated heterocycles. The van der Waals surface area contributed by atoms with E-state index in [4.69, 9.17) is 34.4 Å². The molecule has 0 aliphatic carbocycles. The molecule has 0 radical (unpaired) electrons. The number of hydrogen-bond acceptors (Lipinski definition) is 12. The third-order valence-corrected chi connectivity index (χ3v) is 8.30. The van der Waals surface area contributed by atoms with Crippen molar-refractivity contribution in [3.05, 3.63) is 0 Å². The van der Waals surface area contributed by atoms with Gasteiger partial charge in [-0.1, -0.05) is 0 Å². The van der Waals surface area contributed by atoms with E-state index in [0.29, 0.717) is 32.2 Å². The fourth-order valence-corrected chi connectivity index (χ4v) is 5.32. The van der Waals surface area contributed by atoms with Gasteiger partial charge in [-0.3, -0.25) is 38.8 Å². The number of guanidine groups is 2. The Morgan fingerprint density at radius 2 is 1.28 bits per heavy atom. The van der Waals surface area contributed by atoms with Crippen molar-refractivity contribution in [2.24, 2.45) is 44.4 Å². The Balaban J connectivity index is 2.95. The van der Waals surface area contributed by atoms with E-state index in [1.54, 1.807) is 0 Å². The summed E-state index contributed by atoms with van der Waals surface area (Å²) in [7, 11) is 0. The number of carboxylic acids is 1. The number of rotatable bonds is 25. The number of likely N-dealkylation sites (tertiary alicyclic amines) is 1. The Hall–Kier alpha value is -5.29. The van der Waals surface area contributed by atoms with Crippen molar-refractivity contribution in [2.45, 2.75) is 101 Å². The van der Waals surface area contributed by atoms with Crippen LogP contribution in [-0.2, 0) is 33.6 Å². The van der Waals surface area contributed by atoms with Crippen molar-refractivity contribution < 1.29 is 43.8 Å². The minimum Gasteiger partial charge on any atom is -0.480 e. The number of carbonyl (C=O) groups is 7. The molecule has 6 amide bonds. The predicted octanol–water partition coefficient (Wildman–Crippen LogP) is -6.31. The zero-order valence-electron chi connectivity index (χ0n) is 30.6. The lowest BCUT2D eigenvalue weighted by atomic mass is 10.0. The van der Waals surface area contributed by atoms with Gasteiger partial charge in [0.1, 0.15) is 30.2 Å². The molecule has 1 aliphatic rings. The number of hydrogen-bond donors (Lipinski definition) is 13. The molecule has 1 rings (SSSR count). The number of amides is 6. The van der Waals surface area contributed by atoms with Crippen LogP contribution >= 0.6 is 0 Å². The van der Waals surface area contributed by atoms with Crippen LogP contribution in [0.3, 0.4) is 0 Å². The third kappa shape index (κ3) is 17.5. The van der Waals surface area contributed by atoms with Crippen LogP contribution in [0.15, 0.2) is 9.98 Å². The van der Waals surface area contributed by atoms with Crippen molar-refractivity contribution in [2.75, 3.05) is 39.3 Å². The Labute approximate surface area is 313 Å². The van der Waals surface area contributed by atoms with E-state index in [-0.39, 0.29) is 63.7 Å². The molecule has 0 aromatic rings. The number of aliphatic hydroxyl groups excluding tert-OH is 1. The average molecular weight is 771 g/mol. The van der Waals surface area contributed by atoms with Gasteiger partial charge < -0.3 is 76.1 Å². The van der Waals surface area contributed by atoms with Crippen LogP contribution < -0.4 is 61.0 Å². The number of carboxylic acid groups (broad SMARTS) is 1. The maximum Gasteiger partial charge on any atom is 0.326 e. The first kappa shape index (κ1) is 46.7. The summed E-state index contributed by atoms with van der Waals surface area (Å²) >= 11 is 0. The molecular formula is C31H58N14O9. The van der Waals surface area contributed by atoms with Gasteiger partial charge in [0.25, 0.3) is 0 Å². The van der Waals surface area contributed by atoms with Crippen LogP contribution in [0.25, 0.3) is 0 Å². The van der Waals surface area contributed by atoms with E-state index in [0.717, 1.165) is 4.90 Å². The normalized spacial score (nSPS) is 16.4. The van der Waals surface area contributed by atoms with Crippen LogP contribution in [0.5, 0.6) is 0 Å². The highest BCUT2D eigenvalue weighted by molar-refractivity contribution is 5.96.